The van der Waals surface area contributed by atoms with Gasteiger partial charge in [0.15, 0.2) is 0 Å². The standard InChI is InChI=1S/C14H19N3O2/c1-2-3-10-19-14(18)15-9-8-13-16-11-6-4-5-7-12(11)17-13/h4-7H,2-3,8-10H2,1H3,(H,15,18)(H,16,17). The Morgan fingerprint density at radius 3 is 3.05 bits per heavy atom. The van der Waals surface area contributed by atoms with Crippen molar-refractivity contribution in [1.29, 1.82) is 0 Å². The third-order valence-corrected chi connectivity index (χ3v) is 2.80. The number of fused-ring (bicyclic) bond motifs is 1. The smallest absolute Gasteiger partial charge is 0.407 e. The van der Waals surface area contributed by atoms with Gasteiger partial charge in [-0.3, -0.25) is 0 Å². The highest BCUT2D eigenvalue weighted by Crippen LogP contribution is 2.10. The molecule has 5 heteroatoms. The van der Waals surface area contributed by atoms with E-state index in [0.29, 0.717) is 19.6 Å². The Hall–Kier alpha value is -2.04. The van der Waals surface area contributed by atoms with Crippen molar-refractivity contribution in [1.82, 2.24) is 15.3 Å². The van der Waals surface area contributed by atoms with Crippen LogP contribution < -0.4 is 5.32 Å². The zero-order valence-electron chi connectivity index (χ0n) is 11.1. The fourth-order valence-electron chi connectivity index (χ4n) is 1.77. The van der Waals surface area contributed by atoms with Crippen LogP contribution in [0.1, 0.15) is 25.6 Å². The molecule has 0 aliphatic heterocycles. The first-order chi connectivity index (χ1) is 9.29. The summed E-state index contributed by atoms with van der Waals surface area (Å²) >= 11 is 0. The first-order valence-electron chi connectivity index (χ1n) is 6.64. The van der Waals surface area contributed by atoms with Crippen LogP contribution in [-0.4, -0.2) is 29.2 Å². The molecule has 1 heterocycles. The lowest BCUT2D eigenvalue weighted by Crippen LogP contribution is -2.27. The molecule has 2 aromatic rings. The van der Waals surface area contributed by atoms with Gasteiger partial charge in [-0.1, -0.05) is 25.5 Å². The summed E-state index contributed by atoms with van der Waals surface area (Å²) in [7, 11) is 0. The number of hydrogen-bond acceptors (Lipinski definition) is 3. The lowest BCUT2D eigenvalue weighted by molar-refractivity contribution is 0.144. The maximum absolute atomic E-state index is 11.3. The molecule has 0 saturated heterocycles. The molecule has 0 saturated carbocycles. The number of unbranched alkanes of at least 4 members (excludes halogenated alkanes) is 1. The van der Waals surface area contributed by atoms with Gasteiger partial charge >= 0.3 is 6.09 Å². The zero-order chi connectivity index (χ0) is 13.5. The highest BCUT2D eigenvalue weighted by Gasteiger charge is 2.04. The molecule has 19 heavy (non-hydrogen) atoms. The summed E-state index contributed by atoms with van der Waals surface area (Å²) < 4.78 is 5.00. The minimum atomic E-state index is -0.357. The molecule has 2 rings (SSSR count). The summed E-state index contributed by atoms with van der Waals surface area (Å²) in [4.78, 5) is 19.0. The predicted molar refractivity (Wildman–Crippen MR) is 74.1 cm³/mol. The second-order valence-electron chi connectivity index (χ2n) is 4.37. The molecule has 5 nitrogen and oxygen atoms in total. The molecule has 0 unspecified atom stereocenters. The first kappa shape index (κ1) is 13.4. The molecule has 2 N–H and O–H groups in total. The Balaban J connectivity index is 1.74. The van der Waals surface area contributed by atoms with Gasteiger partial charge in [-0.25, -0.2) is 9.78 Å². The number of aromatic nitrogens is 2. The van der Waals surface area contributed by atoms with E-state index in [1.807, 2.05) is 24.3 Å². The van der Waals surface area contributed by atoms with Crippen LogP contribution in [0.3, 0.4) is 0 Å². The predicted octanol–water partition coefficient (Wildman–Crippen LogP) is 2.63. The van der Waals surface area contributed by atoms with E-state index in [-0.39, 0.29) is 6.09 Å². The first-order valence-corrected chi connectivity index (χ1v) is 6.64. The van der Waals surface area contributed by atoms with Crippen molar-refractivity contribution in [2.24, 2.45) is 0 Å². The number of para-hydroxylation sites is 2. The van der Waals surface area contributed by atoms with Crippen LogP contribution >= 0.6 is 0 Å². The molecule has 0 bridgehead atoms. The van der Waals surface area contributed by atoms with Crippen molar-refractivity contribution in [3.05, 3.63) is 30.1 Å². The second-order valence-corrected chi connectivity index (χ2v) is 4.37. The molecular formula is C14H19N3O2. The maximum Gasteiger partial charge on any atom is 0.407 e. The Morgan fingerprint density at radius 1 is 1.42 bits per heavy atom. The van der Waals surface area contributed by atoms with Crippen LogP contribution in [0.5, 0.6) is 0 Å². The highest BCUT2D eigenvalue weighted by atomic mass is 16.5. The average Bonchev–Trinajstić information content (AvgIpc) is 2.81. The van der Waals surface area contributed by atoms with Gasteiger partial charge in [0, 0.05) is 13.0 Å². The van der Waals surface area contributed by atoms with E-state index in [2.05, 4.69) is 22.2 Å². The molecule has 0 fully saturated rings. The molecular weight excluding hydrogens is 242 g/mol. The number of H-pyrrole nitrogens is 1. The molecule has 0 aliphatic rings. The molecule has 0 radical (unpaired) electrons. The Morgan fingerprint density at radius 2 is 2.26 bits per heavy atom. The number of nitrogens with zero attached hydrogens (tertiary/aromatic N) is 1. The van der Waals surface area contributed by atoms with E-state index in [0.717, 1.165) is 29.7 Å². The van der Waals surface area contributed by atoms with Crippen LogP contribution in [0.2, 0.25) is 0 Å². The quantitative estimate of drug-likeness (QED) is 0.785. The summed E-state index contributed by atoms with van der Waals surface area (Å²) in [6, 6.07) is 7.87. The van der Waals surface area contributed by atoms with E-state index in [9.17, 15) is 4.79 Å². The number of ether oxygens (including phenoxy) is 1. The number of carbonyl (C=O) groups excluding carboxylic acids is 1. The van der Waals surface area contributed by atoms with Gasteiger partial charge < -0.3 is 15.0 Å². The van der Waals surface area contributed by atoms with Gasteiger partial charge in [-0.2, -0.15) is 0 Å². The second kappa shape index (κ2) is 6.78. The van der Waals surface area contributed by atoms with Crippen LogP contribution in [0.15, 0.2) is 24.3 Å². The summed E-state index contributed by atoms with van der Waals surface area (Å²) in [6.07, 6.45) is 2.23. The van der Waals surface area contributed by atoms with E-state index in [1.165, 1.54) is 0 Å². The molecule has 102 valence electrons. The number of benzene rings is 1. The van der Waals surface area contributed by atoms with Gasteiger partial charge in [0.1, 0.15) is 5.82 Å². The van der Waals surface area contributed by atoms with Crippen molar-refractivity contribution in [3.8, 4) is 0 Å². The van der Waals surface area contributed by atoms with Gasteiger partial charge in [-0.15, -0.1) is 0 Å². The van der Waals surface area contributed by atoms with Gasteiger partial charge in [0.2, 0.25) is 0 Å². The van der Waals surface area contributed by atoms with Crippen molar-refractivity contribution in [2.75, 3.05) is 13.2 Å². The molecule has 0 spiro atoms. The highest BCUT2D eigenvalue weighted by molar-refractivity contribution is 5.74. The van der Waals surface area contributed by atoms with Gasteiger partial charge in [-0.05, 0) is 18.6 Å². The maximum atomic E-state index is 11.3. The van der Waals surface area contributed by atoms with E-state index in [1.54, 1.807) is 0 Å². The number of carbonyl (C=O) groups is 1. The van der Waals surface area contributed by atoms with E-state index < -0.39 is 0 Å². The normalized spacial score (nSPS) is 10.6. The topological polar surface area (TPSA) is 67.0 Å². The molecule has 0 aliphatic carbocycles. The molecule has 1 amide bonds. The molecule has 1 aromatic heterocycles. The van der Waals surface area contributed by atoms with Crippen molar-refractivity contribution < 1.29 is 9.53 Å². The SMILES string of the molecule is CCCCOC(=O)NCCc1nc2ccccc2[nH]1. The Kier molecular flexibility index (Phi) is 4.78. The van der Waals surface area contributed by atoms with Crippen LogP contribution in [0, 0.1) is 0 Å². The number of alkyl carbamates (subject to hydrolysis) is 1. The van der Waals surface area contributed by atoms with E-state index >= 15 is 0 Å². The monoisotopic (exact) mass is 261 g/mol. The van der Waals surface area contributed by atoms with Gasteiger partial charge in [0.05, 0.1) is 17.6 Å². The Labute approximate surface area is 112 Å². The summed E-state index contributed by atoms with van der Waals surface area (Å²) in [5, 5.41) is 2.71. The van der Waals surface area contributed by atoms with Crippen molar-refractivity contribution in [3.63, 3.8) is 0 Å². The molecule has 0 atom stereocenters. The van der Waals surface area contributed by atoms with Gasteiger partial charge in [0.25, 0.3) is 0 Å². The number of imidazole rings is 1. The molecule has 1 aromatic carbocycles. The fourth-order valence-corrected chi connectivity index (χ4v) is 1.77. The number of nitrogens with one attached hydrogen (secondary N) is 2. The van der Waals surface area contributed by atoms with Crippen LogP contribution in [0.4, 0.5) is 4.79 Å². The number of hydrogen-bond donors (Lipinski definition) is 2. The third-order valence-electron chi connectivity index (χ3n) is 2.80. The van der Waals surface area contributed by atoms with Crippen molar-refractivity contribution in [2.45, 2.75) is 26.2 Å². The number of aromatic amines is 1. The number of amides is 1. The van der Waals surface area contributed by atoms with Crippen molar-refractivity contribution >= 4 is 17.1 Å². The summed E-state index contributed by atoms with van der Waals surface area (Å²) in [5.74, 6) is 0.870. The Bertz CT molecular complexity index is 503. The number of rotatable bonds is 6. The lowest BCUT2D eigenvalue weighted by atomic mass is 10.3. The zero-order valence-corrected chi connectivity index (χ0v) is 11.1. The third kappa shape index (κ3) is 3.98. The van der Waals surface area contributed by atoms with E-state index in [4.69, 9.17) is 4.74 Å². The minimum Gasteiger partial charge on any atom is -0.450 e. The average molecular weight is 261 g/mol. The largest absolute Gasteiger partial charge is 0.450 e. The fraction of sp³-hybridized carbons (Fsp3) is 0.429. The lowest BCUT2D eigenvalue weighted by Gasteiger charge is -2.05. The van der Waals surface area contributed by atoms with Crippen LogP contribution in [-0.2, 0) is 11.2 Å². The summed E-state index contributed by atoms with van der Waals surface area (Å²) in [6.45, 7) is 3.06. The minimum absolute atomic E-state index is 0.357. The summed E-state index contributed by atoms with van der Waals surface area (Å²) in [5.41, 5.74) is 1.96. The van der Waals surface area contributed by atoms with Crippen LogP contribution in [0.25, 0.3) is 11.0 Å².